The fraction of sp³-hybridized carbons (Fsp3) is 0.320. The number of para-hydroxylation sites is 1. The van der Waals surface area contributed by atoms with E-state index >= 15 is 0 Å². The Hall–Kier alpha value is -5.01. The highest BCUT2D eigenvalue weighted by Crippen LogP contribution is 2.38. The molecule has 4 aromatic rings. The van der Waals surface area contributed by atoms with Crippen molar-refractivity contribution in [3.63, 3.8) is 0 Å². The van der Waals surface area contributed by atoms with Crippen LogP contribution in [0.15, 0.2) is 40.9 Å². The fourth-order valence-electron chi connectivity index (χ4n) is 4.11. The number of anilines is 4. The Morgan fingerprint density at radius 1 is 0.977 bits per heavy atom. The maximum absolute atomic E-state index is 12.8. The minimum absolute atomic E-state index is 0.0368. The number of morpholine rings is 1. The first kappa shape index (κ1) is 29.5. The number of carbonyl (C=O) groups is 1. The molecule has 43 heavy (non-hydrogen) atoms. The zero-order chi connectivity index (χ0) is 30.4. The molecule has 1 amide bonds. The summed E-state index contributed by atoms with van der Waals surface area (Å²) in [7, 11) is 2.90. The molecular weight excluding hydrogens is 568 g/mol. The quantitative estimate of drug-likeness (QED) is 0.125. The molecule has 4 heterocycles. The Labute approximate surface area is 243 Å². The van der Waals surface area contributed by atoms with Gasteiger partial charge >= 0.3 is 6.10 Å². The van der Waals surface area contributed by atoms with Crippen LogP contribution in [0.25, 0.3) is 11.5 Å². The van der Waals surface area contributed by atoms with Crippen molar-refractivity contribution in [1.29, 1.82) is 0 Å². The van der Waals surface area contributed by atoms with Crippen LogP contribution in [0, 0.1) is 0 Å². The summed E-state index contributed by atoms with van der Waals surface area (Å²) in [5, 5.41) is 55.2. The lowest BCUT2D eigenvalue weighted by molar-refractivity contribution is -0.323. The number of aliphatic hydroxyl groups is 3. The first-order valence-corrected chi connectivity index (χ1v) is 12.8. The number of hydrogen-bond acceptors (Lipinski definition) is 17. The van der Waals surface area contributed by atoms with E-state index in [1.807, 2.05) is 0 Å². The third-order valence-electron chi connectivity index (χ3n) is 6.05. The lowest BCUT2D eigenvalue weighted by Crippen LogP contribution is -2.48. The van der Waals surface area contributed by atoms with E-state index in [2.05, 4.69) is 46.1 Å². The van der Waals surface area contributed by atoms with Gasteiger partial charge in [0.15, 0.2) is 28.9 Å². The Morgan fingerprint density at radius 2 is 1.77 bits per heavy atom. The van der Waals surface area contributed by atoms with Gasteiger partial charge in [0.2, 0.25) is 5.88 Å². The molecule has 1 aromatic carbocycles. The van der Waals surface area contributed by atoms with E-state index < -0.39 is 17.7 Å². The molecule has 1 aliphatic rings. The van der Waals surface area contributed by atoms with E-state index in [1.54, 1.807) is 35.6 Å². The van der Waals surface area contributed by atoms with Crippen molar-refractivity contribution in [2.24, 2.45) is 0 Å². The third-order valence-corrected chi connectivity index (χ3v) is 6.05. The lowest BCUT2D eigenvalue weighted by Gasteiger charge is -2.24. The fourth-order valence-corrected chi connectivity index (χ4v) is 4.11. The predicted octanol–water partition coefficient (Wildman–Crippen LogP) is -0.0288. The van der Waals surface area contributed by atoms with Gasteiger partial charge in [0.05, 0.1) is 50.9 Å². The van der Waals surface area contributed by atoms with Crippen LogP contribution in [0.1, 0.15) is 16.3 Å². The molecule has 3 aromatic heterocycles. The van der Waals surface area contributed by atoms with E-state index in [9.17, 15) is 20.1 Å². The second-order valence-electron chi connectivity index (χ2n) is 9.08. The summed E-state index contributed by atoms with van der Waals surface area (Å²) in [4.78, 5) is 19.4. The minimum Gasteiger partial charge on any atom is -0.494 e. The highest BCUT2D eigenvalue weighted by atomic mass is 16.7. The number of rotatable bonds is 11. The van der Waals surface area contributed by atoms with Crippen LogP contribution in [0.2, 0.25) is 0 Å². The molecule has 18 heteroatoms. The van der Waals surface area contributed by atoms with Gasteiger partial charge in [0.1, 0.15) is 0 Å². The number of nitrogens with one attached hydrogen (secondary N) is 3. The first-order valence-electron chi connectivity index (χ1n) is 12.8. The first-order chi connectivity index (χ1) is 20.7. The maximum Gasteiger partial charge on any atom is 0.369 e. The average molecular weight is 597 g/mol. The molecule has 18 nitrogen and oxygen atoms in total. The summed E-state index contributed by atoms with van der Waals surface area (Å²) in [6.45, 7) is 3.28. The molecule has 0 radical (unpaired) electrons. The van der Waals surface area contributed by atoms with Crippen molar-refractivity contribution >= 4 is 28.9 Å². The Balaban J connectivity index is 1.45. The van der Waals surface area contributed by atoms with Crippen LogP contribution in [-0.2, 0) is 11.3 Å². The van der Waals surface area contributed by atoms with Gasteiger partial charge in [-0.25, -0.2) is 0 Å². The smallest absolute Gasteiger partial charge is 0.369 e. The van der Waals surface area contributed by atoms with E-state index in [-0.39, 0.29) is 17.4 Å². The zero-order valence-electron chi connectivity index (χ0n) is 23.0. The number of hydrogen-bond donors (Lipinski definition) is 6. The Kier molecular flexibility index (Phi) is 8.83. The standard InChI is InChI=1S/C25H28N10O8/c1-40-20-7-6-17(30-32-20)27-18-12-16(21(33-31-18)23(36)29-25(37,38)39)26-15-5-3-4-14(22(15)41-2)24-28-19(34-43-24)13-35-8-10-42-11-9-35/h3-7,12,37-39H,8-11,13H2,1-2H3,(H,29,36)(H2,26,27,30,31). The molecule has 1 aliphatic heterocycles. The SMILES string of the molecule is COc1ccc(Nc2cc(Nc3cccc(-c4nc(CN5CCOCC5)no4)c3OC)c(C(=O)NC(O)(O)O)nn2)nn1. The van der Waals surface area contributed by atoms with Crippen molar-refractivity contribution in [2.75, 3.05) is 51.2 Å². The molecule has 0 atom stereocenters. The molecular formula is C25H28N10O8. The molecule has 0 spiro atoms. The predicted molar refractivity (Wildman–Crippen MR) is 146 cm³/mol. The number of ether oxygens (including phenoxy) is 3. The second kappa shape index (κ2) is 12.9. The highest BCUT2D eigenvalue weighted by Gasteiger charge is 2.27. The largest absolute Gasteiger partial charge is 0.494 e. The number of methoxy groups -OCH3 is 2. The van der Waals surface area contributed by atoms with E-state index in [0.29, 0.717) is 54.3 Å². The van der Waals surface area contributed by atoms with Crippen LogP contribution in [-0.4, -0.2) is 103 Å². The molecule has 1 saturated heterocycles. The Morgan fingerprint density at radius 3 is 2.47 bits per heavy atom. The summed E-state index contributed by atoms with van der Waals surface area (Å²) in [6.07, 6.45) is -3.50. The van der Waals surface area contributed by atoms with Gasteiger partial charge in [-0.15, -0.1) is 20.4 Å². The lowest BCUT2D eigenvalue weighted by atomic mass is 10.1. The summed E-state index contributed by atoms with van der Waals surface area (Å²) >= 11 is 0. The van der Waals surface area contributed by atoms with Gasteiger partial charge in [0, 0.05) is 25.2 Å². The molecule has 226 valence electrons. The minimum atomic E-state index is -3.50. The van der Waals surface area contributed by atoms with Gasteiger partial charge in [-0.1, -0.05) is 11.2 Å². The molecule has 0 aliphatic carbocycles. The van der Waals surface area contributed by atoms with Gasteiger partial charge < -0.3 is 44.7 Å². The van der Waals surface area contributed by atoms with E-state index in [4.69, 9.17) is 18.7 Å². The highest BCUT2D eigenvalue weighted by molar-refractivity contribution is 5.99. The van der Waals surface area contributed by atoms with Gasteiger partial charge in [-0.3, -0.25) is 15.0 Å². The monoisotopic (exact) mass is 596 g/mol. The summed E-state index contributed by atoms with van der Waals surface area (Å²) in [5.74, 6) is 0.575. The van der Waals surface area contributed by atoms with Crippen molar-refractivity contribution in [1.82, 2.24) is 40.8 Å². The van der Waals surface area contributed by atoms with Crippen LogP contribution in [0.4, 0.5) is 23.0 Å². The van der Waals surface area contributed by atoms with E-state index in [0.717, 1.165) is 13.1 Å². The molecule has 5 rings (SSSR count). The number of benzene rings is 1. The van der Waals surface area contributed by atoms with Crippen LogP contribution in [0.5, 0.6) is 11.6 Å². The van der Waals surface area contributed by atoms with Crippen molar-refractivity contribution in [3.05, 3.63) is 47.9 Å². The zero-order valence-corrected chi connectivity index (χ0v) is 23.0. The van der Waals surface area contributed by atoms with Gasteiger partial charge in [-0.2, -0.15) is 4.98 Å². The van der Waals surface area contributed by atoms with Gasteiger partial charge in [0.25, 0.3) is 11.8 Å². The molecule has 0 bridgehead atoms. The topological polar surface area (TPSA) is 235 Å². The number of nitrogens with zero attached hydrogens (tertiary/aromatic N) is 7. The van der Waals surface area contributed by atoms with Crippen molar-refractivity contribution < 1.29 is 38.8 Å². The van der Waals surface area contributed by atoms with Crippen LogP contribution in [0.3, 0.4) is 0 Å². The summed E-state index contributed by atoms with van der Waals surface area (Å²) in [5.41, 5.74) is 0.460. The van der Waals surface area contributed by atoms with Crippen molar-refractivity contribution in [3.8, 4) is 23.1 Å². The van der Waals surface area contributed by atoms with Gasteiger partial charge in [-0.05, 0) is 18.2 Å². The second-order valence-corrected chi connectivity index (χ2v) is 9.08. The maximum atomic E-state index is 12.8. The van der Waals surface area contributed by atoms with E-state index in [1.165, 1.54) is 20.3 Å². The van der Waals surface area contributed by atoms with Crippen LogP contribution >= 0.6 is 0 Å². The molecule has 0 unspecified atom stereocenters. The Bertz CT molecular complexity index is 1550. The molecule has 1 fully saturated rings. The molecule has 6 N–H and O–H groups in total. The number of aromatic nitrogens is 6. The molecule has 0 saturated carbocycles. The summed E-state index contributed by atoms with van der Waals surface area (Å²) < 4.78 is 21.6. The third kappa shape index (κ3) is 7.45. The van der Waals surface area contributed by atoms with Crippen molar-refractivity contribution in [2.45, 2.75) is 12.6 Å². The normalized spacial score (nSPS) is 13.8. The van der Waals surface area contributed by atoms with Crippen LogP contribution < -0.4 is 25.4 Å². The number of carbonyl (C=O) groups excluding carboxylic acids is 1. The number of amides is 1. The summed E-state index contributed by atoms with van der Waals surface area (Å²) in [6, 6.07) is 9.65. The average Bonchev–Trinajstić information content (AvgIpc) is 3.45.